The Bertz CT molecular complexity index is 561. The number of benzene rings is 1. The van der Waals surface area contributed by atoms with Crippen molar-refractivity contribution in [3.8, 4) is 22.8 Å². The molecular weight excluding hydrogens is 254 g/mol. The standard InChI is InChI=1S/C16H21NO3/c1-11(2)17-10-13-6-8-14(20-13)12-5-7-15(18-3)16(9-12)19-4/h5-9,11,17H,10H2,1-4H3. The molecule has 20 heavy (non-hydrogen) atoms. The molecule has 2 rings (SSSR count). The second kappa shape index (κ2) is 6.48. The van der Waals surface area contributed by atoms with Gasteiger partial charge in [-0.2, -0.15) is 0 Å². The van der Waals surface area contributed by atoms with Gasteiger partial charge < -0.3 is 19.2 Å². The van der Waals surface area contributed by atoms with Gasteiger partial charge in [-0.05, 0) is 30.3 Å². The van der Waals surface area contributed by atoms with Crippen molar-refractivity contribution in [2.45, 2.75) is 26.4 Å². The van der Waals surface area contributed by atoms with Crippen molar-refractivity contribution in [2.24, 2.45) is 0 Å². The van der Waals surface area contributed by atoms with Crippen LogP contribution in [0.2, 0.25) is 0 Å². The Hall–Kier alpha value is -1.94. The van der Waals surface area contributed by atoms with Crippen LogP contribution in [0.4, 0.5) is 0 Å². The highest BCUT2D eigenvalue weighted by molar-refractivity contribution is 5.62. The number of ether oxygens (including phenoxy) is 2. The zero-order chi connectivity index (χ0) is 14.5. The van der Waals surface area contributed by atoms with Gasteiger partial charge in [-0.1, -0.05) is 13.8 Å². The van der Waals surface area contributed by atoms with Gasteiger partial charge >= 0.3 is 0 Å². The monoisotopic (exact) mass is 275 g/mol. The van der Waals surface area contributed by atoms with Crippen molar-refractivity contribution in [1.82, 2.24) is 5.32 Å². The summed E-state index contributed by atoms with van der Waals surface area (Å²) in [6, 6.07) is 10.1. The van der Waals surface area contributed by atoms with Crippen LogP contribution in [0.3, 0.4) is 0 Å². The van der Waals surface area contributed by atoms with E-state index in [2.05, 4.69) is 19.2 Å². The number of nitrogens with one attached hydrogen (secondary N) is 1. The molecule has 0 bridgehead atoms. The Balaban J connectivity index is 2.19. The van der Waals surface area contributed by atoms with E-state index >= 15 is 0 Å². The molecule has 0 aliphatic rings. The third-order valence-corrected chi connectivity index (χ3v) is 3.01. The molecule has 0 unspecified atom stereocenters. The summed E-state index contributed by atoms with van der Waals surface area (Å²) in [5.74, 6) is 3.16. The summed E-state index contributed by atoms with van der Waals surface area (Å²) < 4.78 is 16.4. The quantitative estimate of drug-likeness (QED) is 0.876. The number of rotatable bonds is 6. The van der Waals surface area contributed by atoms with Gasteiger partial charge in [-0.15, -0.1) is 0 Å². The van der Waals surface area contributed by atoms with Gasteiger partial charge in [0.05, 0.1) is 20.8 Å². The number of hydrogen-bond acceptors (Lipinski definition) is 4. The molecule has 1 aromatic heterocycles. The minimum absolute atomic E-state index is 0.435. The van der Waals surface area contributed by atoms with Gasteiger partial charge in [-0.25, -0.2) is 0 Å². The van der Waals surface area contributed by atoms with Gasteiger partial charge in [0.2, 0.25) is 0 Å². The number of methoxy groups -OCH3 is 2. The lowest BCUT2D eigenvalue weighted by Gasteiger charge is -2.08. The minimum Gasteiger partial charge on any atom is -0.493 e. The van der Waals surface area contributed by atoms with E-state index in [-0.39, 0.29) is 0 Å². The van der Waals surface area contributed by atoms with Crippen LogP contribution in [0.1, 0.15) is 19.6 Å². The first-order valence-electron chi connectivity index (χ1n) is 6.68. The van der Waals surface area contributed by atoms with Crippen molar-refractivity contribution >= 4 is 0 Å². The zero-order valence-corrected chi connectivity index (χ0v) is 12.4. The fourth-order valence-electron chi connectivity index (χ4n) is 1.92. The van der Waals surface area contributed by atoms with Crippen molar-refractivity contribution < 1.29 is 13.9 Å². The van der Waals surface area contributed by atoms with Gasteiger partial charge in [0, 0.05) is 11.6 Å². The van der Waals surface area contributed by atoms with Crippen LogP contribution in [0.15, 0.2) is 34.7 Å². The molecular formula is C16H21NO3. The summed E-state index contributed by atoms with van der Waals surface area (Å²) in [5.41, 5.74) is 0.971. The first-order valence-corrected chi connectivity index (χ1v) is 6.68. The van der Waals surface area contributed by atoms with E-state index in [9.17, 15) is 0 Å². The van der Waals surface area contributed by atoms with E-state index < -0.39 is 0 Å². The fraction of sp³-hybridized carbons (Fsp3) is 0.375. The highest BCUT2D eigenvalue weighted by Crippen LogP contribution is 2.32. The Morgan fingerprint density at radius 1 is 1.05 bits per heavy atom. The van der Waals surface area contributed by atoms with Crippen LogP contribution in [0, 0.1) is 0 Å². The fourth-order valence-corrected chi connectivity index (χ4v) is 1.92. The Morgan fingerprint density at radius 2 is 1.80 bits per heavy atom. The largest absolute Gasteiger partial charge is 0.493 e. The summed E-state index contributed by atoms with van der Waals surface area (Å²) in [6.45, 7) is 4.95. The summed E-state index contributed by atoms with van der Waals surface area (Å²) in [7, 11) is 3.25. The molecule has 0 saturated heterocycles. The number of furan rings is 1. The maximum Gasteiger partial charge on any atom is 0.161 e. The van der Waals surface area contributed by atoms with Crippen LogP contribution < -0.4 is 14.8 Å². The smallest absolute Gasteiger partial charge is 0.161 e. The average Bonchev–Trinajstić information content (AvgIpc) is 2.93. The Labute approximate surface area is 119 Å². The molecule has 108 valence electrons. The van der Waals surface area contributed by atoms with Crippen LogP contribution in [0.25, 0.3) is 11.3 Å². The predicted molar refractivity (Wildman–Crippen MR) is 79.2 cm³/mol. The van der Waals surface area contributed by atoms with Crippen LogP contribution in [-0.2, 0) is 6.54 Å². The highest BCUT2D eigenvalue weighted by Gasteiger charge is 2.09. The second-order valence-corrected chi connectivity index (χ2v) is 4.87. The van der Waals surface area contributed by atoms with Gasteiger partial charge in [-0.3, -0.25) is 0 Å². The summed E-state index contributed by atoms with van der Waals surface area (Å²) in [6.07, 6.45) is 0. The van der Waals surface area contributed by atoms with Gasteiger partial charge in [0.15, 0.2) is 11.5 Å². The van der Waals surface area contributed by atoms with Crippen LogP contribution in [-0.4, -0.2) is 20.3 Å². The van der Waals surface area contributed by atoms with E-state index in [0.717, 1.165) is 23.6 Å². The third-order valence-electron chi connectivity index (χ3n) is 3.01. The number of hydrogen-bond donors (Lipinski definition) is 1. The molecule has 0 amide bonds. The molecule has 2 aromatic rings. The molecule has 1 heterocycles. The van der Waals surface area contributed by atoms with Crippen molar-refractivity contribution in [3.05, 3.63) is 36.1 Å². The third kappa shape index (κ3) is 3.33. The van der Waals surface area contributed by atoms with E-state index in [0.29, 0.717) is 17.5 Å². The van der Waals surface area contributed by atoms with Gasteiger partial charge in [0.25, 0.3) is 0 Å². The average molecular weight is 275 g/mol. The summed E-state index contributed by atoms with van der Waals surface area (Å²) in [4.78, 5) is 0. The topological polar surface area (TPSA) is 43.6 Å². The minimum atomic E-state index is 0.435. The highest BCUT2D eigenvalue weighted by atomic mass is 16.5. The van der Waals surface area contributed by atoms with E-state index in [1.165, 1.54) is 0 Å². The molecule has 0 aliphatic carbocycles. The van der Waals surface area contributed by atoms with Gasteiger partial charge in [0.1, 0.15) is 11.5 Å². The molecule has 0 spiro atoms. The van der Waals surface area contributed by atoms with Crippen molar-refractivity contribution in [3.63, 3.8) is 0 Å². The van der Waals surface area contributed by atoms with Crippen molar-refractivity contribution in [1.29, 1.82) is 0 Å². The normalized spacial score (nSPS) is 10.8. The molecule has 0 saturated carbocycles. The molecule has 0 fully saturated rings. The first kappa shape index (κ1) is 14.5. The molecule has 0 aliphatic heterocycles. The lowest BCUT2D eigenvalue weighted by molar-refractivity contribution is 0.355. The summed E-state index contributed by atoms with van der Waals surface area (Å²) in [5, 5.41) is 3.33. The van der Waals surface area contributed by atoms with Crippen LogP contribution in [0.5, 0.6) is 11.5 Å². The second-order valence-electron chi connectivity index (χ2n) is 4.87. The van der Waals surface area contributed by atoms with E-state index in [1.54, 1.807) is 14.2 Å². The van der Waals surface area contributed by atoms with E-state index in [4.69, 9.17) is 13.9 Å². The molecule has 0 atom stereocenters. The Kier molecular flexibility index (Phi) is 4.69. The predicted octanol–water partition coefficient (Wildman–Crippen LogP) is 3.46. The maximum atomic E-state index is 5.83. The maximum absolute atomic E-state index is 5.83. The Morgan fingerprint density at radius 3 is 2.45 bits per heavy atom. The molecule has 1 N–H and O–H groups in total. The lowest BCUT2D eigenvalue weighted by Crippen LogP contribution is -2.21. The molecule has 4 heteroatoms. The van der Waals surface area contributed by atoms with Crippen LogP contribution >= 0.6 is 0 Å². The summed E-state index contributed by atoms with van der Waals surface area (Å²) >= 11 is 0. The lowest BCUT2D eigenvalue weighted by atomic mass is 10.1. The SMILES string of the molecule is COc1ccc(-c2ccc(CNC(C)C)o2)cc1OC. The zero-order valence-electron chi connectivity index (χ0n) is 12.4. The molecule has 0 radical (unpaired) electrons. The van der Waals surface area contributed by atoms with Crippen molar-refractivity contribution in [2.75, 3.05) is 14.2 Å². The van der Waals surface area contributed by atoms with E-state index in [1.807, 2.05) is 30.3 Å². The molecule has 1 aromatic carbocycles. The first-order chi connectivity index (χ1) is 9.63. The molecule has 4 nitrogen and oxygen atoms in total.